The van der Waals surface area contributed by atoms with Gasteiger partial charge in [-0.1, -0.05) is 12.1 Å². The highest BCUT2D eigenvalue weighted by atomic mass is 35.5. The number of rotatable bonds is 4. The average molecular weight is 273 g/mol. The quantitative estimate of drug-likeness (QED) is 0.907. The predicted molar refractivity (Wildman–Crippen MR) is 75.6 cm³/mol. The van der Waals surface area contributed by atoms with Gasteiger partial charge >= 0.3 is 0 Å². The van der Waals surface area contributed by atoms with Crippen LogP contribution in [0.4, 0.5) is 4.39 Å². The Labute approximate surface area is 115 Å². The third kappa shape index (κ3) is 4.56. The maximum Gasteiger partial charge on any atom is 0.123 e. The van der Waals surface area contributed by atoms with Crippen molar-refractivity contribution in [1.29, 1.82) is 0 Å². The number of halogens is 2. The average Bonchev–Trinajstić information content (AvgIpc) is 2.32. The van der Waals surface area contributed by atoms with E-state index < -0.39 is 0 Å². The summed E-state index contributed by atoms with van der Waals surface area (Å²) in [5.74, 6) is 0.677. The van der Waals surface area contributed by atoms with E-state index in [9.17, 15) is 4.39 Å². The molecule has 4 heteroatoms. The topological polar surface area (TPSA) is 15.3 Å². The van der Waals surface area contributed by atoms with Gasteiger partial charge in [-0.25, -0.2) is 4.39 Å². The molecule has 18 heavy (non-hydrogen) atoms. The Morgan fingerprint density at radius 2 is 2.06 bits per heavy atom. The third-order valence-electron chi connectivity index (χ3n) is 3.50. The van der Waals surface area contributed by atoms with Gasteiger partial charge in [-0.15, -0.1) is 12.4 Å². The number of hydrogen-bond acceptors (Lipinski definition) is 2. The lowest BCUT2D eigenvalue weighted by molar-refractivity contribution is 0.176. The Kier molecular flexibility index (Phi) is 6.61. The van der Waals surface area contributed by atoms with Crippen LogP contribution in [0.5, 0.6) is 0 Å². The highest BCUT2D eigenvalue weighted by Gasteiger charge is 2.18. The monoisotopic (exact) mass is 272 g/mol. The van der Waals surface area contributed by atoms with E-state index in [1.165, 1.54) is 18.9 Å². The maximum atomic E-state index is 13.1. The van der Waals surface area contributed by atoms with Crippen molar-refractivity contribution in [3.05, 3.63) is 35.6 Å². The fourth-order valence-corrected chi connectivity index (χ4v) is 2.53. The standard InChI is InChI=1S/C14H21FN2.ClH/c1-16-10-12-5-7-17(8-6-12)11-13-3-2-4-14(15)9-13;/h2-4,9,12,16H,5-8,10-11H2,1H3;1H. The number of benzene rings is 1. The second-order valence-electron chi connectivity index (χ2n) is 4.91. The van der Waals surface area contributed by atoms with Crippen molar-refractivity contribution < 1.29 is 4.39 Å². The molecule has 1 aromatic carbocycles. The van der Waals surface area contributed by atoms with Crippen LogP contribution in [0.3, 0.4) is 0 Å². The fraction of sp³-hybridized carbons (Fsp3) is 0.571. The second kappa shape index (κ2) is 7.72. The van der Waals surface area contributed by atoms with E-state index >= 15 is 0 Å². The smallest absolute Gasteiger partial charge is 0.123 e. The Morgan fingerprint density at radius 1 is 1.33 bits per heavy atom. The summed E-state index contributed by atoms with van der Waals surface area (Å²) in [7, 11) is 2.01. The number of nitrogens with zero attached hydrogens (tertiary/aromatic N) is 1. The zero-order chi connectivity index (χ0) is 12.1. The van der Waals surface area contributed by atoms with Gasteiger partial charge in [0.25, 0.3) is 0 Å². The molecule has 1 aliphatic rings. The minimum Gasteiger partial charge on any atom is -0.319 e. The van der Waals surface area contributed by atoms with Crippen LogP contribution < -0.4 is 5.32 Å². The molecule has 0 aromatic heterocycles. The SMILES string of the molecule is CNCC1CCN(Cc2cccc(F)c2)CC1.Cl. The van der Waals surface area contributed by atoms with Crippen LogP contribution >= 0.6 is 12.4 Å². The zero-order valence-electron chi connectivity index (χ0n) is 10.9. The Hall–Kier alpha value is -0.640. The minimum absolute atomic E-state index is 0. The number of likely N-dealkylation sites (tertiary alicyclic amines) is 1. The van der Waals surface area contributed by atoms with Gasteiger partial charge in [0.05, 0.1) is 0 Å². The van der Waals surface area contributed by atoms with E-state index in [4.69, 9.17) is 0 Å². The molecule has 0 spiro atoms. The second-order valence-corrected chi connectivity index (χ2v) is 4.91. The summed E-state index contributed by atoms with van der Waals surface area (Å²) in [6.07, 6.45) is 2.49. The summed E-state index contributed by atoms with van der Waals surface area (Å²) < 4.78 is 13.1. The number of piperidine rings is 1. The van der Waals surface area contributed by atoms with Gasteiger partial charge in [-0.05, 0) is 63.1 Å². The van der Waals surface area contributed by atoms with Gasteiger partial charge in [0, 0.05) is 6.54 Å². The minimum atomic E-state index is -0.132. The maximum absolute atomic E-state index is 13.1. The molecule has 0 radical (unpaired) electrons. The van der Waals surface area contributed by atoms with Crippen molar-refractivity contribution in [2.24, 2.45) is 5.92 Å². The van der Waals surface area contributed by atoms with E-state index in [1.807, 2.05) is 13.1 Å². The lowest BCUT2D eigenvalue weighted by Crippen LogP contribution is -2.36. The van der Waals surface area contributed by atoms with Crippen LogP contribution in [0.25, 0.3) is 0 Å². The van der Waals surface area contributed by atoms with Gasteiger partial charge in [0.15, 0.2) is 0 Å². The summed E-state index contributed by atoms with van der Waals surface area (Å²) in [5.41, 5.74) is 1.08. The van der Waals surface area contributed by atoms with Gasteiger partial charge in [-0.2, -0.15) is 0 Å². The van der Waals surface area contributed by atoms with E-state index in [1.54, 1.807) is 12.1 Å². The molecule has 1 saturated heterocycles. The number of nitrogens with one attached hydrogen (secondary N) is 1. The Balaban J connectivity index is 0.00000162. The first kappa shape index (κ1) is 15.4. The lowest BCUT2D eigenvalue weighted by Gasteiger charge is -2.31. The van der Waals surface area contributed by atoms with Crippen LogP contribution in [0, 0.1) is 11.7 Å². The van der Waals surface area contributed by atoms with E-state index in [0.29, 0.717) is 0 Å². The summed E-state index contributed by atoms with van der Waals surface area (Å²) in [6.45, 7) is 4.25. The molecule has 2 nitrogen and oxygen atoms in total. The molecule has 102 valence electrons. The van der Waals surface area contributed by atoms with Gasteiger partial charge in [0.2, 0.25) is 0 Å². The molecule has 1 fully saturated rings. The molecular formula is C14H22ClFN2. The predicted octanol–water partition coefficient (Wildman–Crippen LogP) is 2.68. The first-order valence-electron chi connectivity index (χ1n) is 6.39. The molecule has 0 atom stereocenters. The van der Waals surface area contributed by atoms with Gasteiger partial charge in [-0.3, -0.25) is 4.90 Å². The van der Waals surface area contributed by atoms with E-state index in [-0.39, 0.29) is 18.2 Å². The molecule has 0 saturated carbocycles. The van der Waals surface area contributed by atoms with Crippen molar-refractivity contribution in [2.45, 2.75) is 19.4 Å². The number of hydrogen-bond donors (Lipinski definition) is 1. The van der Waals surface area contributed by atoms with Crippen LogP contribution in [-0.4, -0.2) is 31.6 Å². The largest absolute Gasteiger partial charge is 0.319 e. The van der Waals surface area contributed by atoms with Crippen LogP contribution in [-0.2, 0) is 6.54 Å². The fourth-order valence-electron chi connectivity index (χ4n) is 2.53. The normalized spacial score (nSPS) is 17.4. The zero-order valence-corrected chi connectivity index (χ0v) is 11.7. The van der Waals surface area contributed by atoms with E-state index in [2.05, 4.69) is 10.2 Å². The molecule has 1 aromatic rings. The molecule has 0 aliphatic carbocycles. The Bertz CT molecular complexity index is 351. The van der Waals surface area contributed by atoms with Crippen LogP contribution in [0.15, 0.2) is 24.3 Å². The highest BCUT2D eigenvalue weighted by molar-refractivity contribution is 5.85. The molecule has 0 bridgehead atoms. The first-order valence-corrected chi connectivity index (χ1v) is 6.39. The molecule has 0 unspecified atom stereocenters. The molecule has 1 N–H and O–H groups in total. The van der Waals surface area contributed by atoms with Crippen molar-refractivity contribution in [1.82, 2.24) is 10.2 Å². The Morgan fingerprint density at radius 3 is 2.67 bits per heavy atom. The van der Waals surface area contributed by atoms with Crippen molar-refractivity contribution in [2.75, 3.05) is 26.7 Å². The highest BCUT2D eigenvalue weighted by Crippen LogP contribution is 2.18. The summed E-state index contributed by atoms with van der Waals surface area (Å²) in [4.78, 5) is 2.42. The van der Waals surface area contributed by atoms with E-state index in [0.717, 1.165) is 37.7 Å². The van der Waals surface area contributed by atoms with Crippen LogP contribution in [0.2, 0.25) is 0 Å². The third-order valence-corrected chi connectivity index (χ3v) is 3.50. The van der Waals surface area contributed by atoms with Crippen LogP contribution in [0.1, 0.15) is 18.4 Å². The first-order chi connectivity index (χ1) is 8.28. The summed E-state index contributed by atoms with van der Waals surface area (Å²) in [6, 6.07) is 6.93. The van der Waals surface area contributed by atoms with Gasteiger partial charge < -0.3 is 5.32 Å². The molecular weight excluding hydrogens is 251 g/mol. The van der Waals surface area contributed by atoms with Crippen molar-refractivity contribution in [3.8, 4) is 0 Å². The lowest BCUT2D eigenvalue weighted by atomic mass is 9.96. The molecule has 2 rings (SSSR count). The molecule has 0 amide bonds. The van der Waals surface area contributed by atoms with Crippen molar-refractivity contribution >= 4 is 12.4 Å². The molecule has 1 heterocycles. The summed E-state index contributed by atoms with van der Waals surface area (Å²) in [5, 5.41) is 3.24. The van der Waals surface area contributed by atoms with Crippen molar-refractivity contribution in [3.63, 3.8) is 0 Å². The molecule has 1 aliphatic heterocycles. The van der Waals surface area contributed by atoms with Gasteiger partial charge in [0.1, 0.15) is 5.82 Å². The summed E-state index contributed by atoms with van der Waals surface area (Å²) >= 11 is 0.